The number of para-hydroxylation sites is 1. The number of amides is 1. The third kappa shape index (κ3) is 5.06. The highest BCUT2D eigenvalue weighted by molar-refractivity contribution is 14.0. The first kappa shape index (κ1) is 21.1. The number of pyridine rings is 1. The number of benzene rings is 1. The third-order valence-corrected chi connectivity index (χ3v) is 4.84. The molecule has 3 aromatic rings. The van der Waals surface area contributed by atoms with Gasteiger partial charge in [-0.2, -0.15) is 0 Å². The summed E-state index contributed by atoms with van der Waals surface area (Å²) in [4.78, 5) is 23.1. The number of halogens is 1. The summed E-state index contributed by atoms with van der Waals surface area (Å²) >= 11 is 0. The molecule has 1 aliphatic heterocycles. The van der Waals surface area contributed by atoms with Gasteiger partial charge in [0.05, 0.1) is 11.7 Å². The minimum absolute atomic E-state index is 0. The lowest BCUT2D eigenvalue weighted by molar-refractivity contribution is -0.117. The largest absolute Gasteiger partial charge is 0.356 e. The van der Waals surface area contributed by atoms with Gasteiger partial charge in [-0.3, -0.25) is 9.79 Å². The zero-order valence-corrected chi connectivity index (χ0v) is 18.6. The molecule has 1 aliphatic rings. The second-order valence-corrected chi connectivity index (χ2v) is 6.83. The van der Waals surface area contributed by atoms with Crippen LogP contribution in [0, 0.1) is 0 Å². The molecule has 0 spiro atoms. The number of rotatable bonds is 5. The fourth-order valence-corrected chi connectivity index (χ4v) is 3.47. The molecule has 1 saturated heterocycles. The van der Waals surface area contributed by atoms with Crippen molar-refractivity contribution in [3.8, 4) is 0 Å². The van der Waals surface area contributed by atoms with Gasteiger partial charge in [-0.25, -0.2) is 4.98 Å². The molecule has 4 rings (SSSR count). The third-order valence-electron chi connectivity index (χ3n) is 4.84. The number of aromatic nitrogens is 2. The van der Waals surface area contributed by atoms with Gasteiger partial charge in [-0.1, -0.05) is 24.3 Å². The van der Waals surface area contributed by atoms with Gasteiger partial charge >= 0.3 is 0 Å². The van der Waals surface area contributed by atoms with Crippen LogP contribution in [0.3, 0.4) is 0 Å². The minimum atomic E-state index is 0. The number of guanidine groups is 1. The monoisotopic (exact) mass is 504 g/mol. The molecule has 1 aromatic carbocycles. The van der Waals surface area contributed by atoms with Crippen LogP contribution in [0.15, 0.2) is 65.9 Å². The maximum absolute atomic E-state index is 12.4. The van der Waals surface area contributed by atoms with Gasteiger partial charge in [0, 0.05) is 51.1 Å². The van der Waals surface area contributed by atoms with Crippen molar-refractivity contribution in [1.29, 1.82) is 0 Å². The number of carbonyl (C=O) groups is 1. The van der Waals surface area contributed by atoms with E-state index in [1.165, 1.54) is 0 Å². The van der Waals surface area contributed by atoms with Crippen LogP contribution in [0.25, 0.3) is 5.65 Å². The van der Waals surface area contributed by atoms with Gasteiger partial charge in [-0.05, 0) is 24.3 Å². The van der Waals surface area contributed by atoms with Gasteiger partial charge in [0.2, 0.25) is 5.91 Å². The molecule has 2 aromatic heterocycles. The number of hydrogen-bond acceptors (Lipinski definition) is 3. The van der Waals surface area contributed by atoms with Crippen molar-refractivity contribution < 1.29 is 4.79 Å². The van der Waals surface area contributed by atoms with E-state index in [0.29, 0.717) is 25.5 Å². The smallest absolute Gasteiger partial charge is 0.229 e. The fraction of sp³-hybridized carbons (Fsp3) is 0.286. The molecule has 2 N–H and O–H groups in total. The first-order chi connectivity index (χ1) is 13.7. The summed E-state index contributed by atoms with van der Waals surface area (Å²) in [6.07, 6.45) is 5.29. The van der Waals surface area contributed by atoms with Crippen LogP contribution < -0.4 is 15.5 Å². The standard InChI is InChI=1S/C21H24N6O.HI/c1-22-21(23-11-10-16-14-26-12-6-5-9-19(26)24-16)25-17-13-20(28)27(15-17)18-7-3-2-4-8-18;/h2-9,12,14,17H,10-11,13,15H2,1H3,(H2,22,23,25);1H. The van der Waals surface area contributed by atoms with Crippen molar-refractivity contribution in [2.45, 2.75) is 18.9 Å². The van der Waals surface area contributed by atoms with Crippen LogP contribution >= 0.6 is 24.0 Å². The van der Waals surface area contributed by atoms with Gasteiger partial charge < -0.3 is 19.9 Å². The zero-order valence-electron chi connectivity index (χ0n) is 16.3. The number of hydrogen-bond donors (Lipinski definition) is 2. The maximum Gasteiger partial charge on any atom is 0.229 e. The summed E-state index contributed by atoms with van der Waals surface area (Å²) in [7, 11) is 1.74. The Kier molecular flexibility index (Phi) is 7.08. The van der Waals surface area contributed by atoms with Crippen LogP contribution in [0.4, 0.5) is 5.69 Å². The van der Waals surface area contributed by atoms with Gasteiger partial charge in [0.1, 0.15) is 5.65 Å². The van der Waals surface area contributed by atoms with E-state index in [9.17, 15) is 4.79 Å². The molecule has 0 radical (unpaired) electrons. The predicted octanol–water partition coefficient (Wildman–Crippen LogP) is 2.47. The van der Waals surface area contributed by atoms with Gasteiger partial charge in [0.25, 0.3) is 0 Å². The number of anilines is 1. The molecule has 1 unspecified atom stereocenters. The molecular weight excluding hydrogens is 479 g/mol. The molecule has 1 amide bonds. The van der Waals surface area contributed by atoms with E-state index in [1.54, 1.807) is 7.05 Å². The Morgan fingerprint density at radius 1 is 1.21 bits per heavy atom. The normalized spacial score (nSPS) is 16.7. The van der Waals surface area contributed by atoms with E-state index in [1.807, 2.05) is 70.2 Å². The number of nitrogens with one attached hydrogen (secondary N) is 2. The molecule has 1 fully saturated rings. The van der Waals surface area contributed by atoms with Crippen molar-refractivity contribution in [3.63, 3.8) is 0 Å². The van der Waals surface area contributed by atoms with Crippen molar-refractivity contribution in [3.05, 3.63) is 66.6 Å². The number of imidazole rings is 1. The van der Waals surface area contributed by atoms with E-state index in [2.05, 4.69) is 20.6 Å². The Morgan fingerprint density at radius 3 is 2.76 bits per heavy atom. The van der Waals surface area contributed by atoms with Gasteiger partial charge in [0.15, 0.2) is 5.96 Å². The molecular formula is C21H25IN6O. The molecule has 0 aliphatic carbocycles. The van der Waals surface area contributed by atoms with Crippen LogP contribution in [0.1, 0.15) is 12.1 Å². The molecule has 1 atom stereocenters. The number of aliphatic imine (C=N–C) groups is 1. The summed E-state index contributed by atoms with van der Waals surface area (Å²) < 4.78 is 2.02. The topological polar surface area (TPSA) is 74.0 Å². The predicted molar refractivity (Wildman–Crippen MR) is 126 cm³/mol. The molecule has 0 saturated carbocycles. The Hall–Kier alpha value is -2.62. The summed E-state index contributed by atoms with van der Waals surface area (Å²) in [5.74, 6) is 0.834. The number of nitrogens with zero attached hydrogens (tertiary/aromatic N) is 4. The van der Waals surface area contributed by atoms with E-state index in [-0.39, 0.29) is 35.9 Å². The second-order valence-electron chi connectivity index (χ2n) is 6.83. The lowest BCUT2D eigenvalue weighted by Gasteiger charge is -2.18. The Morgan fingerprint density at radius 2 is 2.00 bits per heavy atom. The number of carbonyl (C=O) groups excluding carboxylic acids is 1. The van der Waals surface area contributed by atoms with Crippen LogP contribution in [-0.4, -0.2) is 47.4 Å². The molecule has 8 heteroatoms. The van der Waals surface area contributed by atoms with Crippen LogP contribution in [0.2, 0.25) is 0 Å². The van der Waals surface area contributed by atoms with Gasteiger partial charge in [-0.15, -0.1) is 24.0 Å². The maximum atomic E-state index is 12.4. The number of fused-ring (bicyclic) bond motifs is 1. The highest BCUT2D eigenvalue weighted by Crippen LogP contribution is 2.20. The Bertz CT molecular complexity index is 954. The first-order valence-corrected chi connectivity index (χ1v) is 9.48. The average Bonchev–Trinajstić information content (AvgIpc) is 3.30. The molecule has 7 nitrogen and oxygen atoms in total. The summed E-state index contributed by atoms with van der Waals surface area (Å²) in [6.45, 7) is 1.35. The lowest BCUT2D eigenvalue weighted by atomic mass is 10.2. The molecule has 152 valence electrons. The summed E-state index contributed by atoms with van der Waals surface area (Å²) in [5, 5.41) is 6.68. The average molecular weight is 504 g/mol. The molecule has 29 heavy (non-hydrogen) atoms. The molecule has 0 bridgehead atoms. The van der Waals surface area contributed by atoms with E-state index < -0.39 is 0 Å². The van der Waals surface area contributed by atoms with Crippen molar-refractivity contribution in [1.82, 2.24) is 20.0 Å². The summed E-state index contributed by atoms with van der Waals surface area (Å²) in [5.41, 5.74) is 2.91. The van der Waals surface area contributed by atoms with Crippen LogP contribution in [0.5, 0.6) is 0 Å². The lowest BCUT2D eigenvalue weighted by Crippen LogP contribution is -2.45. The SMILES string of the molecule is CN=C(NCCc1cn2ccccc2n1)NC1CC(=O)N(c2ccccc2)C1.I. The minimum Gasteiger partial charge on any atom is -0.356 e. The highest BCUT2D eigenvalue weighted by Gasteiger charge is 2.30. The fourth-order valence-electron chi connectivity index (χ4n) is 3.47. The molecule has 3 heterocycles. The Labute approximate surface area is 187 Å². The quantitative estimate of drug-likeness (QED) is 0.318. The van der Waals surface area contributed by atoms with E-state index in [0.717, 1.165) is 23.4 Å². The van der Waals surface area contributed by atoms with E-state index in [4.69, 9.17) is 0 Å². The summed E-state index contributed by atoms with van der Waals surface area (Å²) in [6, 6.07) is 15.8. The zero-order chi connectivity index (χ0) is 19.3. The van der Waals surface area contributed by atoms with Crippen molar-refractivity contribution in [2.24, 2.45) is 4.99 Å². The van der Waals surface area contributed by atoms with E-state index >= 15 is 0 Å². The van der Waals surface area contributed by atoms with Crippen molar-refractivity contribution >= 4 is 47.2 Å². The van der Waals surface area contributed by atoms with Crippen LogP contribution in [-0.2, 0) is 11.2 Å². The highest BCUT2D eigenvalue weighted by atomic mass is 127. The van der Waals surface area contributed by atoms with Crippen molar-refractivity contribution in [2.75, 3.05) is 25.0 Å². The Balaban J connectivity index is 0.00000240. The first-order valence-electron chi connectivity index (χ1n) is 9.48. The second kappa shape index (κ2) is 9.73.